The summed E-state index contributed by atoms with van der Waals surface area (Å²) in [6, 6.07) is 7.79. The molecule has 0 radical (unpaired) electrons. The molecule has 0 aliphatic carbocycles. The Morgan fingerprint density at radius 2 is 1.96 bits per heavy atom. The van der Waals surface area contributed by atoms with Crippen LogP contribution in [0.5, 0.6) is 0 Å². The second-order valence-electron chi connectivity index (χ2n) is 6.04. The highest BCUT2D eigenvalue weighted by Gasteiger charge is 2.35. The summed E-state index contributed by atoms with van der Waals surface area (Å²) in [7, 11) is 1.79. The lowest BCUT2D eigenvalue weighted by Crippen LogP contribution is -2.52. The highest BCUT2D eigenvalue weighted by atomic mass is 16.2. The van der Waals surface area contributed by atoms with Gasteiger partial charge in [-0.3, -0.25) is 4.79 Å². The van der Waals surface area contributed by atoms with Crippen LogP contribution in [0.4, 0.5) is 11.5 Å². The summed E-state index contributed by atoms with van der Waals surface area (Å²) in [6.07, 6.45) is 1.50. The summed E-state index contributed by atoms with van der Waals surface area (Å²) >= 11 is 0. The number of aromatic nitrogens is 5. The van der Waals surface area contributed by atoms with Gasteiger partial charge in [-0.25, -0.2) is 14.6 Å². The Balaban J connectivity index is 1.44. The van der Waals surface area contributed by atoms with Gasteiger partial charge in [-0.05, 0) is 19.1 Å². The highest BCUT2D eigenvalue weighted by molar-refractivity contribution is 5.95. The van der Waals surface area contributed by atoms with E-state index in [9.17, 15) is 4.79 Å². The number of anilines is 2. The number of carbonyl (C=O) groups is 1. The van der Waals surface area contributed by atoms with Crippen LogP contribution in [0.1, 0.15) is 5.56 Å². The number of rotatable bonds is 3. The van der Waals surface area contributed by atoms with E-state index in [2.05, 4.69) is 25.6 Å². The molecule has 0 unspecified atom stereocenters. The predicted molar refractivity (Wildman–Crippen MR) is 89.6 cm³/mol. The van der Waals surface area contributed by atoms with E-state index >= 15 is 0 Å². The molecule has 3 aromatic rings. The van der Waals surface area contributed by atoms with Gasteiger partial charge < -0.3 is 10.2 Å². The number of hydrogen-bond donors (Lipinski definition) is 1. The van der Waals surface area contributed by atoms with Crippen LogP contribution in [0.3, 0.4) is 0 Å². The van der Waals surface area contributed by atoms with E-state index in [0.29, 0.717) is 24.3 Å². The van der Waals surface area contributed by atoms with E-state index in [4.69, 9.17) is 0 Å². The van der Waals surface area contributed by atoms with Crippen molar-refractivity contribution in [2.75, 3.05) is 23.3 Å². The third-order valence-electron chi connectivity index (χ3n) is 4.24. The zero-order valence-corrected chi connectivity index (χ0v) is 13.5. The fraction of sp³-hybridized carbons (Fsp3) is 0.312. The van der Waals surface area contributed by atoms with Crippen LogP contribution in [0.25, 0.3) is 11.2 Å². The fourth-order valence-electron chi connectivity index (χ4n) is 2.77. The number of aryl methyl sites for hydroxylation is 2. The molecule has 1 aliphatic rings. The number of fused-ring (bicyclic) bond motifs is 1. The third kappa shape index (κ3) is 2.45. The Bertz CT molecular complexity index is 896. The van der Waals surface area contributed by atoms with Crippen molar-refractivity contribution in [3.05, 3.63) is 36.2 Å². The minimum Gasteiger partial charge on any atom is -0.353 e. The van der Waals surface area contributed by atoms with E-state index in [1.807, 2.05) is 36.1 Å². The van der Waals surface area contributed by atoms with Crippen molar-refractivity contribution in [1.82, 2.24) is 25.0 Å². The molecule has 3 heterocycles. The summed E-state index contributed by atoms with van der Waals surface area (Å²) in [6.45, 7) is 3.24. The van der Waals surface area contributed by atoms with Crippen molar-refractivity contribution in [2.24, 2.45) is 13.0 Å². The number of benzene rings is 1. The largest absolute Gasteiger partial charge is 0.353 e. The van der Waals surface area contributed by atoms with Gasteiger partial charge in [0, 0.05) is 25.8 Å². The minimum atomic E-state index is -0.0620. The molecule has 24 heavy (non-hydrogen) atoms. The minimum absolute atomic E-state index is 0.0274. The van der Waals surface area contributed by atoms with Crippen LogP contribution in [0.15, 0.2) is 30.6 Å². The molecule has 0 saturated carbocycles. The first-order valence-electron chi connectivity index (χ1n) is 7.74. The molecule has 0 bridgehead atoms. The molecule has 1 fully saturated rings. The predicted octanol–water partition coefficient (Wildman–Crippen LogP) is 1.14. The molecule has 122 valence electrons. The van der Waals surface area contributed by atoms with Gasteiger partial charge in [0.05, 0.1) is 5.92 Å². The molecule has 1 N–H and O–H groups in total. The van der Waals surface area contributed by atoms with E-state index in [1.54, 1.807) is 11.7 Å². The zero-order chi connectivity index (χ0) is 16.7. The van der Waals surface area contributed by atoms with Crippen molar-refractivity contribution < 1.29 is 4.79 Å². The molecular formula is C16H17N7O. The van der Waals surface area contributed by atoms with Crippen LogP contribution in [-0.4, -0.2) is 44.0 Å². The molecule has 1 aliphatic heterocycles. The smallest absolute Gasteiger partial charge is 0.231 e. The Morgan fingerprint density at radius 1 is 1.21 bits per heavy atom. The number of carbonyl (C=O) groups excluding carboxylic acids is 1. The summed E-state index contributed by atoms with van der Waals surface area (Å²) in [5.41, 5.74) is 3.34. The Hall–Kier alpha value is -3.03. The van der Waals surface area contributed by atoms with E-state index in [0.717, 1.165) is 11.5 Å². The topological polar surface area (TPSA) is 88.8 Å². The third-order valence-corrected chi connectivity index (χ3v) is 4.24. The number of nitrogens with zero attached hydrogens (tertiary/aromatic N) is 6. The first kappa shape index (κ1) is 14.6. The quantitative estimate of drug-likeness (QED) is 0.777. The molecule has 1 amide bonds. The summed E-state index contributed by atoms with van der Waals surface area (Å²) < 4.78 is 1.61. The molecule has 2 aromatic heterocycles. The second-order valence-corrected chi connectivity index (χ2v) is 6.04. The van der Waals surface area contributed by atoms with Gasteiger partial charge >= 0.3 is 0 Å². The SMILES string of the molecule is Cc1ccc(NC(=O)C2CN(c3ncnc4c3nnn4C)C2)cc1. The summed E-state index contributed by atoms with van der Waals surface area (Å²) in [5, 5.41) is 11.0. The van der Waals surface area contributed by atoms with Gasteiger partial charge in [0.15, 0.2) is 17.0 Å². The molecular weight excluding hydrogens is 306 g/mol. The average molecular weight is 323 g/mol. The van der Waals surface area contributed by atoms with Gasteiger partial charge in [0.1, 0.15) is 6.33 Å². The van der Waals surface area contributed by atoms with Crippen molar-refractivity contribution in [2.45, 2.75) is 6.92 Å². The van der Waals surface area contributed by atoms with E-state index in [1.165, 1.54) is 11.9 Å². The Morgan fingerprint density at radius 3 is 2.71 bits per heavy atom. The van der Waals surface area contributed by atoms with E-state index < -0.39 is 0 Å². The van der Waals surface area contributed by atoms with Crippen LogP contribution in [-0.2, 0) is 11.8 Å². The monoisotopic (exact) mass is 323 g/mol. The van der Waals surface area contributed by atoms with Crippen LogP contribution >= 0.6 is 0 Å². The standard InChI is InChI=1S/C16H17N7O/c1-10-3-5-12(6-4-10)19-16(24)11-7-23(8-11)15-13-14(17-9-18-15)22(2)21-20-13/h3-6,9,11H,7-8H2,1-2H3,(H,19,24). The zero-order valence-electron chi connectivity index (χ0n) is 13.5. The second kappa shape index (κ2) is 5.55. The van der Waals surface area contributed by atoms with Gasteiger partial charge in [-0.1, -0.05) is 22.9 Å². The molecule has 8 nitrogen and oxygen atoms in total. The molecule has 0 spiro atoms. The average Bonchev–Trinajstić information content (AvgIpc) is 2.91. The maximum Gasteiger partial charge on any atom is 0.231 e. The molecule has 1 saturated heterocycles. The highest BCUT2D eigenvalue weighted by Crippen LogP contribution is 2.28. The van der Waals surface area contributed by atoms with Crippen molar-refractivity contribution in [1.29, 1.82) is 0 Å². The molecule has 8 heteroatoms. The lowest BCUT2D eigenvalue weighted by atomic mass is 9.99. The van der Waals surface area contributed by atoms with Crippen molar-refractivity contribution >= 4 is 28.6 Å². The first-order chi connectivity index (χ1) is 11.6. The van der Waals surface area contributed by atoms with Crippen LogP contribution in [0.2, 0.25) is 0 Å². The number of amides is 1. The van der Waals surface area contributed by atoms with E-state index in [-0.39, 0.29) is 11.8 Å². The Labute approximate surface area is 138 Å². The first-order valence-corrected chi connectivity index (χ1v) is 7.74. The normalized spacial score (nSPS) is 14.7. The summed E-state index contributed by atoms with van der Waals surface area (Å²) in [4.78, 5) is 22.8. The fourth-order valence-corrected chi connectivity index (χ4v) is 2.77. The molecule has 0 atom stereocenters. The molecule has 1 aromatic carbocycles. The van der Waals surface area contributed by atoms with Gasteiger partial charge in [-0.15, -0.1) is 5.10 Å². The van der Waals surface area contributed by atoms with Crippen LogP contribution < -0.4 is 10.2 Å². The van der Waals surface area contributed by atoms with Gasteiger partial charge in [0.25, 0.3) is 0 Å². The maximum absolute atomic E-state index is 12.3. The van der Waals surface area contributed by atoms with Crippen molar-refractivity contribution in [3.8, 4) is 0 Å². The number of nitrogens with one attached hydrogen (secondary N) is 1. The summed E-state index contributed by atoms with van der Waals surface area (Å²) in [5.74, 6) is 0.694. The molecule has 4 rings (SSSR count). The van der Waals surface area contributed by atoms with Gasteiger partial charge in [0.2, 0.25) is 5.91 Å². The lowest BCUT2D eigenvalue weighted by molar-refractivity contribution is -0.120. The lowest BCUT2D eigenvalue weighted by Gasteiger charge is -2.38. The van der Waals surface area contributed by atoms with Crippen LogP contribution in [0, 0.1) is 12.8 Å². The number of hydrogen-bond acceptors (Lipinski definition) is 6. The van der Waals surface area contributed by atoms with Crippen molar-refractivity contribution in [3.63, 3.8) is 0 Å². The van der Waals surface area contributed by atoms with Gasteiger partial charge in [-0.2, -0.15) is 0 Å². The maximum atomic E-state index is 12.3. The Kier molecular flexibility index (Phi) is 3.37.